The molecule has 0 aromatic heterocycles. The lowest BCUT2D eigenvalue weighted by Crippen LogP contribution is -2.57. The van der Waals surface area contributed by atoms with Gasteiger partial charge in [-0.15, -0.1) is 0 Å². The first kappa shape index (κ1) is 11.5. The Bertz CT molecular complexity index is 206. The second-order valence-corrected chi connectivity index (χ2v) is 4.28. The number of piperazine rings is 1. The Kier molecular flexibility index (Phi) is 3.89. The van der Waals surface area contributed by atoms with Gasteiger partial charge in [0.25, 0.3) is 0 Å². The van der Waals surface area contributed by atoms with Crippen LogP contribution in [0.2, 0.25) is 0 Å². The van der Waals surface area contributed by atoms with Gasteiger partial charge >= 0.3 is 0 Å². The molecule has 14 heavy (non-hydrogen) atoms. The fraction of sp³-hybridized carbons (Fsp3) is 0.900. The van der Waals surface area contributed by atoms with Gasteiger partial charge in [-0.3, -0.25) is 9.69 Å². The van der Waals surface area contributed by atoms with E-state index in [9.17, 15) is 4.79 Å². The van der Waals surface area contributed by atoms with Crippen molar-refractivity contribution >= 4 is 5.91 Å². The van der Waals surface area contributed by atoms with E-state index in [4.69, 9.17) is 5.11 Å². The zero-order valence-corrected chi connectivity index (χ0v) is 9.23. The summed E-state index contributed by atoms with van der Waals surface area (Å²) in [6.45, 7) is 6.25. The molecule has 1 atom stereocenters. The predicted octanol–water partition coefficient (Wildman–Crippen LogP) is -0.223. The molecule has 0 radical (unpaired) electrons. The van der Waals surface area contributed by atoms with Gasteiger partial charge in [0.15, 0.2) is 0 Å². The van der Waals surface area contributed by atoms with Crippen molar-refractivity contribution in [1.29, 1.82) is 0 Å². The molecule has 82 valence electrons. The molecule has 1 fully saturated rings. The molecular formula is C10H20N2O2. The maximum absolute atomic E-state index is 11.5. The number of rotatable bonds is 3. The van der Waals surface area contributed by atoms with E-state index in [0.717, 1.165) is 6.54 Å². The van der Waals surface area contributed by atoms with Crippen LogP contribution in [0.25, 0.3) is 0 Å². The van der Waals surface area contributed by atoms with E-state index < -0.39 is 0 Å². The zero-order chi connectivity index (χ0) is 10.7. The van der Waals surface area contributed by atoms with Crippen molar-refractivity contribution in [1.82, 2.24) is 9.80 Å². The SMILES string of the molecule is CC(C)C1CN(C)C(=O)CN1CCO. The molecule has 0 saturated carbocycles. The third-order valence-corrected chi connectivity index (χ3v) is 2.85. The van der Waals surface area contributed by atoms with Gasteiger partial charge < -0.3 is 10.0 Å². The molecule has 1 heterocycles. The van der Waals surface area contributed by atoms with Crippen LogP contribution in [0.15, 0.2) is 0 Å². The standard InChI is InChI=1S/C10H20N2O2/c1-8(2)9-6-11(3)10(14)7-12(9)4-5-13/h8-9,13H,4-7H2,1-3H3. The second kappa shape index (κ2) is 4.75. The van der Waals surface area contributed by atoms with Crippen LogP contribution in [-0.2, 0) is 4.79 Å². The molecule has 1 aliphatic rings. The Labute approximate surface area is 85.5 Å². The first-order valence-electron chi connectivity index (χ1n) is 5.15. The zero-order valence-electron chi connectivity index (χ0n) is 9.23. The van der Waals surface area contributed by atoms with Crippen LogP contribution in [0.1, 0.15) is 13.8 Å². The van der Waals surface area contributed by atoms with Crippen LogP contribution in [0.4, 0.5) is 0 Å². The Morgan fingerprint density at radius 3 is 2.71 bits per heavy atom. The molecule has 0 aromatic rings. The Hall–Kier alpha value is -0.610. The number of nitrogens with zero attached hydrogens (tertiary/aromatic N) is 2. The molecule has 0 aliphatic carbocycles. The van der Waals surface area contributed by atoms with Crippen LogP contribution in [0.5, 0.6) is 0 Å². The minimum atomic E-state index is 0.125. The number of hydrogen-bond donors (Lipinski definition) is 1. The van der Waals surface area contributed by atoms with Crippen molar-refractivity contribution in [3.63, 3.8) is 0 Å². The quantitative estimate of drug-likeness (QED) is 0.685. The topological polar surface area (TPSA) is 43.8 Å². The number of likely N-dealkylation sites (N-methyl/N-ethyl adjacent to an activating group) is 1. The number of amides is 1. The lowest BCUT2D eigenvalue weighted by molar-refractivity contribution is -0.137. The monoisotopic (exact) mass is 200 g/mol. The van der Waals surface area contributed by atoms with Crippen molar-refractivity contribution in [3.05, 3.63) is 0 Å². The lowest BCUT2D eigenvalue weighted by atomic mass is 10.00. The smallest absolute Gasteiger partial charge is 0.236 e. The second-order valence-electron chi connectivity index (χ2n) is 4.28. The van der Waals surface area contributed by atoms with Gasteiger partial charge in [0, 0.05) is 26.2 Å². The average Bonchev–Trinajstić information content (AvgIpc) is 2.11. The highest BCUT2D eigenvalue weighted by Crippen LogP contribution is 2.16. The van der Waals surface area contributed by atoms with Crippen LogP contribution >= 0.6 is 0 Å². The Morgan fingerprint density at radius 1 is 1.57 bits per heavy atom. The van der Waals surface area contributed by atoms with Crippen molar-refractivity contribution in [2.75, 3.05) is 33.3 Å². The molecule has 1 unspecified atom stereocenters. The van der Waals surface area contributed by atoms with Gasteiger partial charge in [0.2, 0.25) is 5.91 Å². The summed E-state index contributed by atoms with van der Waals surface area (Å²) in [6, 6.07) is 0.379. The third-order valence-electron chi connectivity index (χ3n) is 2.85. The van der Waals surface area contributed by atoms with Crippen molar-refractivity contribution < 1.29 is 9.90 Å². The number of hydrogen-bond acceptors (Lipinski definition) is 3. The highest BCUT2D eigenvalue weighted by Gasteiger charge is 2.31. The van der Waals surface area contributed by atoms with Gasteiger partial charge in [-0.25, -0.2) is 0 Å². The fourth-order valence-electron chi connectivity index (χ4n) is 1.92. The van der Waals surface area contributed by atoms with E-state index in [1.807, 2.05) is 7.05 Å². The summed E-state index contributed by atoms with van der Waals surface area (Å²) in [5.41, 5.74) is 0. The molecule has 0 aromatic carbocycles. The summed E-state index contributed by atoms with van der Waals surface area (Å²) in [7, 11) is 1.84. The molecule has 1 saturated heterocycles. The summed E-state index contributed by atoms with van der Waals surface area (Å²) in [6.07, 6.45) is 0. The molecule has 1 rings (SSSR count). The first-order chi connectivity index (χ1) is 6.56. The minimum absolute atomic E-state index is 0.125. The van der Waals surface area contributed by atoms with Gasteiger partial charge in [-0.1, -0.05) is 13.8 Å². The van der Waals surface area contributed by atoms with Crippen LogP contribution < -0.4 is 0 Å². The van der Waals surface area contributed by atoms with E-state index in [0.29, 0.717) is 25.0 Å². The number of aliphatic hydroxyl groups is 1. The Balaban J connectivity index is 2.64. The van der Waals surface area contributed by atoms with Gasteiger partial charge in [-0.05, 0) is 5.92 Å². The molecule has 0 spiro atoms. The van der Waals surface area contributed by atoms with Crippen LogP contribution in [0.3, 0.4) is 0 Å². The lowest BCUT2D eigenvalue weighted by Gasteiger charge is -2.41. The third kappa shape index (κ3) is 2.45. The van der Waals surface area contributed by atoms with Crippen molar-refractivity contribution in [2.45, 2.75) is 19.9 Å². The van der Waals surface area contributed by atoms with E-state index >= 15 is 0 Å². The summed E-state index contributed by atoms with van der Waals surface area (Å²) < 4.78 is 0. The molecular weight excluding hydrogens is 180 g/mol. The largest absolute Gasteiger partial charge is 0.395 e. The summed E-state index contributed by atoms with van der Waals surface area (Å²) in [4.78, 5) is 15.3. The van der Waals surface area contributed by atoms with Crippen LogP contribution in [0, 0.1) is 5.92 Å². The van der Waals surface area contributed by atoms with E-state index in [1.54, 1.807) is 4.90 Å². The molecule has 4 nitrogen and oxygen atoms in total. The molecule has 4 heteroatoms. The number of carbonyl (C=O) groups excluding carboxylic acids is 1. The average molecular weight is 200 g/mol. The van der Waals surface area contributed by atoms with Crippen molar-refractivity contribution in [3.8, 4) is 0 Å². The normalized spacial score (nSPS) is 24.8. The molecule has 1 N–H and O–H groups in total. The highest BCUT2D eigenvalue weighted by atomic mass is 16.3. The van der Waals surface area contributed by atoms with E-state index in [2.05, 4.69) is 18.7 Å². The number of β-amino-alcohol motifs (C(OH)–C–C–N with tert-alkyl or cyclic N) is 1. The Morgan fingerprint density at radius 2 is 2.21 bits per heavy atom. The first-order valence-corrected chi connectivity index (χ1v) is 5.15. The van der Waals surface area contributed by atoms with Crippen LogP contribution in [-0.4, -0.2) is 60.1 Å². The van der Waals surface area contributed by atoms with Crippen molar-refractivity contribution in [2.24, 2.45) is 5.92 Å². The van der Waals surface area contributed by atoms with Gasteiger partial charge in [0.05, 0.1) is 13.2 Å². The summed E-state index contributed by atoms with van der Waals surface area (Å²) in [5, 5.41) is 8.90. The molecule has 1 amide bonds. The molecule has 0 bridgehead atoms. The van der Waals surface area contributed by atoms with Gasteiger partial charge in [0.1, 0.15) is 0 Å². The fourth-order valence-corrected chi connectivity index (χ4v) is 1.92. The maximum Gasteiger partial charge on any atom is 0.236 e. The number of carbonyl (C=O) groups is 1. The predicted molar refractivity (Wildman–Crippen MR) is 54.9 cm³/mol. The maximum atomic E-state index is 11.5. The summed E-state index contributed by atoms with van der Waals surface area (Å²) >= 11 is 0. The minimum Gasteiger partial charge on any atom is -0.395 e. The number of aliphatic hydroxyl groups excluding tert-OH is 1. The summed E-state index contributed by atoms with van der Waals surface area (Å²) in [5.74, 6) is 0.660. The van der Waals surface area contributed by atoms with Gasteiger partial charge in [-0.2, -0.15) is 0 Å². The van der Waals surface area contributed by atoms with E-state index in [1.165, 1.54) is 0 Å². The highest BCUT2D eigenvalue weighted by molar-refractivity contribution is 5.78. The van der Waals surface area contributed by atoms with E-state index in [-0.39, 0.29) is 12.5 Å². The molecule has 1 aliphatic heterocycles.